The summed E-state index contributed by atoms with van der Waals surface area (Å²) in [7, 11) is 0. The van der Waals surface area contributed by atoms with E-state index in [0.717, 1.165) is 12.1 Å². The molecule has 2 aliphatic rings. The molecule has 0 spiro atoms. The van der Waals surface area contributed by atoms with Crippen LogP contribution in [0.25, 0.3) is 0 Å². The lowest BCUT2D eigenvalue weighted by Crippen LogP contribution is -2.55. The number of carbonyl (C=O) groups is 1. The van der Waals surface area contributed by atoms with E-state index in [1.165, 1.54) is 11.1 Å². The Morgan fingerprint density at radius 3 is 2.35 bits per heavy atom. The van der Waals surface area contributed by atoms with Crippen LogP contribution < -0.4 is 16.4 Å². The molecule has 7 nitrogen and oxygen atoms in total. The highest BCUT2D eigenvalue weighted by Gasteiger charge is 2.60. The average Bonchev–Trinajstić information content (AvgIpc) is 2.66. The first kappa shape index (κ1) is 22.8. The van der Waals surface area contributed by atoms with Crippen LogP contribution in [0.5, 0.6) is 0 Å². The first-order valence-electron chi connectivity index (χ1n) is 9.19. The number of allylic oxidation sites excluding steroid dienone is 1. The fourth-order valence-corrected chi connectivity index (χ4v) is 3.85. The summed E-state index contributed by atoms with van der Waals surface area (Å²) >= 11 is 0. The third kappa shape index (κ3) is 4.18. The molecule has 0 radical (unpaired) electrons. The molecule has 3 heterocycles. The number of amides is 1. The summed E-state index contributed by atoms with van der Waals surface area (Å²) in [6.45, 7) is 0.0539. The van der Waals surface area contributed by atoms with Gasteiger partial charge in [0.15, 0.2) is 5.60 Å². The lowest BCUT2D eigenvalue weighted by atomic mass is 9.80. The number of nitrogens with zero attached hydrogens (tertiary/aromatic N) is 3. The topological polar surface area (TPSA) is 118 Å². The van der Waals surface area contributed by atoms with Crippen molar-refractivity contribution in [2.75, 3.05) is 18.0 Å². The number of aromatic nitrogens is 1. The van der Waals surface area contributed by atoms with E-state index in [9.17, 15) is 36.2 Å². The number of aliphatic hydroxyl groups is 1. The van der Waals surface area contributed by atoms with E-state index in [1.807, 2.05) is 0 Å². The molecule has 0 aliphatic carbocycles. The molecular formula is C18H19F6N5O2. The van der Waals surface area contributed by atoms with Crippen LogP contribution in [-0.2, 0) is 11.0 Å². The van der Waals surface area contributed by atoms with Crippen LogP contribution in [0.15, 0.2) is 34.6 Å². The maximum absolute atomic E-state index is 13.6. The van der Waals surface area contributed by atoms with E-state index < -0.39 is 53.2 Å². The Bertz CT molecular complexity index is 934. The van der Waals surface area contributed by atoms with Gasteiger partial charge in [-0.15, -0.1) is 0 Å². The molecule has 0 aromatic carbocycles. The fraction of sp³-hybridized carbons (Fsp3) is 0.500. The Labute approximate surface area is 172 Å². The Morgan fingerprint density at radius 2 is 1.81 bits per heavy atom. The smallest absolute Gasteiger partial charge is 0.401 e. The monoisotopic (exact) mass is 451 g/mol. The predicted octanol–water partition coefficient (Wildman–Crippen LogP) is 2.11. The summed E-state index contributed by atoms with van der Waals surface area (Å²) in [4.78, 5) is 20.0. The van der Waals surface area contributed by atoms with Crippen LogP contribution in [0.2, 0.25) is 0 Å². The molecule has 1 atom stereocenters. The molecular weight excluding hydrogens is 432 g/mol. The lowest BCUT2D eigenvalue weighted by Gasteiger charge is -2.38. The van der Waals surface area contributed by atoms with Crippen LogP contribution in [-0.4, -0.2) is 46.7 Å². The zero-order chi connectivity index (χ0) is 23.2. The Kier molecular flexibility index (Phi) is 5.67. The zero-order valence-corrected chi connectivity index (χ0v) is 16.0. The second-order valence-corrected chi connectivity index (χ2v) is 7.39. The van der Waals surface area contributed by atoms with Crippen molar-refractivity contribution in [1.82, 2.24) is 4.98 Å². The molecule has 31 heavy (non-hydrogen) atoms. The van der Waals surface area contributed by atoms with E-state index in [2.05, 4.69) is 9.98 Å². The van der Waals surface area contributed by atoms with Crippen molar-refractivity contribution in [2.24, 2.45) is 22.4 Å². The van der Waals surface area contributed by atoms with Gasteiger partial charge in [0.2, 0.25) is 0 Å². The molecule has 1 aromatic heterocycles. The Balaban J connectivity index is 1.89. The highest BCUT2D eigenvalue weighted by Crippen LogP contribution is 2.44. The third-order valence-electron chi connectivity index (χ3n) is 5.41. The van der Waals surface area contributed by atoms with Crippen molar-refractivity contribution < 1.29 is 36.2 Å². The molecule has 170 valence electrons. The fourth-order valence-electron chi connectivity index (χ4n) is 3.85. The van der Waals surface area contributed by atoms with Crippen molar-refractivity contribution in [2.45, 2.75) is 37.2 Å². The Hall–Kier alpha value is -2.83. The van der Waals surface area contributed by atoms with E-state index in [1.54, 1.807) is 0 Å². The molecule has 3 rings (SSSR count). The van der Waals surface area contributed by atoms with Crippen molar-refractivity contribution in [1.29, 1.82) is 0 Å². The van der Waals surface area contributed by atoms with Gasteiger partial charge in [0.1, 0.15) is 11.7 Å². The quantitative estimate of drug-likeness (QED) is 0.593. The first-order valence-corrected chi connectivity index (χ1v) is 9.19. The van der Waals surface area contributed by atoms with E-state index in [0.29, 0.717) is 0 Å². The summed E-state index contributed by atoms with van der Waals surface area (Å²) in [5.41, 5.74) is 5.71. The van der Waals surface area contributed by atoms with Crippen molar-refractivity contribution in [3.8, 4) is 0 Å². The van der Waals surface area contributed by atoms with Gasteiger partial charge < -0.3 is 21.5 Å². The van der Waals surface area contributed by atoms with E-state index >= 15 is 0 Å². The van der Waals surface area contributed by atoms with Gasteiger partial charge in [-0.1, -0.05) is 0 Å². The molecule has 1 saturated heterocycles. The summed E-state index contributed by atoms with van der Waals surface area (Å²) in [6.07, 6.45) is -9.83. The van der Waals surface area contributed by atoms with Gasteiger partial charge in [0.25, 0.3) is 5.91 Å². The number of hydrogen-bond donors (Lipinski definition) is 3. The van der Waals surface area contributed by atoms with Gasteiger partial charge >= 0.3 is 12.4 Å². The second-order valence-electron chi connectivity index (χ2n) is 7.39. The minimum Gasteiger partial charge on any atom is -0.401 e. The number of alkyl halides is 6. The number of pyridine rings is 1. The third-order valence-corrected chi connectivity index (χ3v) is 5.41. The molecule has 5 N–H and O–H groups in total. The number of nitrogens with two attached hydrogens (primary N) is 2. The Morgan fingerprint density at radius 1 is 1.19 bits per heavy atom. The molecule has 1 unspecified atom stereocenters. The van der Waals surface area contributed by atoms with E-state index in [4.69, 9.17) is 11.5 Å². The minimum absolute atomic E-state index is 0.0269. The molecule has 1 aromatic rings. The van der Waals surface area contributed by atoms with Crippen LogP contribution >= 0.6 is 0 Å². The summed E-state index contributed by atoms with van der Waals surface area (Å²) in [6, 6.07) is 2.05. The molecule has 2 aliphatic heterocycles. The molecule has 0 saturated carbocycles. The molecule has 0 bridgehead atoms. The molecule has 1 amide bonds. The number of amidine groups is 1. The zero-order valence-electron chi connectivity index (χ0n) is 16.0. The summed E-state index contributed by atoms with van der Waals surface area (Å²) in [5.74, 6) is -3.06. The number of aliphatic imine (C=N–C) groups is 1. The first-order chi connectivity index (χ1) is 14.3. The van der Waals surface area contributed by atoms with Crippen molar-refractivity contribution >= 4 is 17.6 Å². The van der Waals surface area contributed by atoms with Crippen LogP contribution in [0.3, 0.4) is 0 Å². The number of halogens is 6. The maximum atomic E-state index is 13.6. The van der Waals surface area contributed by atoms with Crippen LogP contribution in [0.4, 0.5) is 32.2 Å². The predicted molar refractivity (Wildman–Crippen MR) is 97.6 cm³/mol. The standard InChI is InChI=1S/C18H19F6N5O2/c19-17(20,21)10-2-1-5-27-15(10)29-6-3-9(4-7-29)13(25)12-14(26)28-11(30)8-16(12,31)18(22,23)24/h1-2,5,9,31H,3-4,6-8,25H2,(H2,26,28,30). The van der Waals surface area contributed by atoms with Gasteiger partial charge in [0.05, 0.1) is 17.6 Å². The number of anilines is 1. The molecule has 13 heteroatoms. The normalized spacial score (nSPS) is 25.5. The van der Waals surface area contributed by atoms with Crippen molar-refractivity contribution in [3.63, 3.8) is 0 Å². The van der Waals surface area contributed by atoms with Gasteiger partial charge in [-0.2, -0.15) is 31.3 Å². The van der Waals surface area contributed by atoms with Gasteiger partial charge in [-0.3, -0.25) is 4.79 Å². The van der Waals surface area contributed by atoms with Gasteiger partial charge in [-0.25, -0.2) is 4.98 Å². The van der Waals surface area contributed by atoms with Gasteiger partial charge in [-0.05, 0) is 25.0 Å². The van der Waals surface area contributed by atoms with E-state index in [-0.39, 0.29) is 37.4 Å². The maximum Gasteiger partial charge on any atom is 0.422 e. The minimum atomic E-state index is -5.24. The SMILES string of the molecule is NC1=NC(=O)CC(O)(C(F)(F)F)C1=C(N)C1CCN(c2ncccc2C(F)(F)F)CC1. The largest absolute Gasteiger partial charge is 0.422 e. The van der Waals surface area contributed by atoms with Gasteiger partial charge in [0, 0.05) is 30.9 Å². The lowest BCUT2D eigenvalue weighted by molar-refractivity contribution is -0.244. The summed E-state index contributed by atoms with van der Waals surface area (Å²) in [5, 5.41) is 10.3. The average molecular weight is 451 g/mol. The van der Waals surface area contributed by atoms with Crippen molar-refractivity contribution in [3.05, 3.63) is 35.2 Å². The summed E-state index contributed by atoms with van der Waals surface area (Å²) < 4.78 is 80.4. The van der Waals surface area contributed by atoms with Crippen LogP contribution in [0, 0.1) is 5.92 Å². The number of rotatable bonds is 2. The molecule has 1 fully saturated rings. The number of piperidine rings is 1. The number of carbonyl (C=O) groups excluding carboxylic acids is 1. The highest BCUT2D eigenvalue weighted by atomic mass is 19.4. The second kappa shape index (κ2) is 7.70. The highest BCUT2D eigenvalue weighted by molar-refractivity contribution is 6.09. The number of hydrogen-bond acceptors (Lipinski definition) is 6. The van der Waals surface area contributed by atoms with Crippen LogP contribution in [0.1, 0.15) is 24.8 Å².